The van der Waals surface area contributed by atoms with Crippen LogP contribution in [0.3, 0.4) is 0 Å². The molecule has 1 fully saturated rings. The SMILES string of the molecule is Cc1ccccc1C1CC(C)N(CCS(C)(=O)=O)C1. The average molecular weight is 281 g/mol. The highest BCUT2D eigenvalue weighted by Gasteiger charge is 2.30. The summed E-state index contributed by atoms with van der Waals surface area (Å²) in [6.45, 7) is 5.98. The van der Waals surface area contributed by atoms with Crippen molar-refractivity contribution in [3.05, 3.63) is 35.4 Å². The molecule has 0 aromatic heterocycles. The van der Waals surface area contributed by atoms with E-state index in [2.05, 4.69) is 43.0 Å². The minimum absolute atomic E-state index is 0.262. The third-order valence-corrected chi connectivity index (χ3v) is 5.01. The van der Waals surface area contributed by atoms with Crippen LogP contribution in [0, 0.1) is 6.92 Å². The summed E-state index contributed by atoms with van der Waals surface area (Å²) in [7, 11) is -2.87. The van der Waals surface area contributed by atoms with E-state index in [4.69, 9.17) is 0 Å². The van der Waals surface area contributed by atoms with Crippen LogP contribution < -0.4 is 0 Å². The molecule has 0 spiro atoms. The largest absolute Gasteiger partial charge is 0.299 e. The minimum Gasteiger partial charge on any atom is -0.299 e. The molecule has 1 aromatic carbocycles. The zero-order valence-electron chi connectivity index (χ0n) is 12.0. The maximum Gasteiger partial charge on any atom is 0.148 e. The average Bonchev–Trinajstić information content (AvgIpc) is 2.68. The van der Waals surface area contributed by atoms with Gasteiger partial charge in [0.15, 0.2) is 0 Å². The highest BCUT2D eigenvalue weighted by molar-refractivity contribution is 7.90. The van der Waals surface area contributed by atoms with Crippen LogP contribution in [-0.4, -0.2) is 44.5 Å². The Labute approximate surface area is 116 Å². The standard InChI is InChI=1S/C15H23NO2S/c1-12-6-4-5-7-15(12)14-10-13(2)16(11-14)8-9-19(3,17)18/h4-7,13-14H,8-11H2,1-3H3. The van der Waals surface area contributed by atoms with E-state index in [9.17, 15) is 8.42 Å². The Kier molecular flexibility index (Phi) is 4.31. The van der Waals surface area contributed by atoms with Crippen LogP contribution in [0.2, 0.25) is 0 Å². The fourth-order valence-electron chi connectivity index (χ4n) is 2.96. The summed E-state index contributed by atoms with van der Waals surface area (Å²) >= 11 is 0. The van der Waals surface area contributed by atoms with E-state index < -0.39 is 9.84 Å². The maximum absolute atomic E-state index is 11.3. The highest BCUT2D eigenvalue weighted by atomic mass is 32.2. The second-order valence-electron chi connectivity index (χ2n) is 5.76. The van der Waals surface area contributed by atoms with E-state index >= 15 is 0 Å². The molecular weight excluding hydrogens is 258 g/mol. The summed E-state index contributed by atoms with van der Waals surface area (Å²) in [6.07, 6.45) is 2.43. The van der Waals surface area contributed by atoms with Crippen molar-refractivity contribution in [2.45, 2.75) is 32.2 Å². The Balaban J connectivity index is 2.03. The number of hydrogen-bond acceptors (Lipinski definition) is 3. The van der Waals surface area contributed by atoms with Gasteiger partial charge in [0, 0.05) is 25.4 Å². The summed E-state index contributed by atoms with van der Waals surface area (Å²) in [5.41, 5.74) is 2.75. The topological polar surface area (TPSA) is 37.4 Å². The lowest BCUT2D eigenvalue weighted by Crippen LogP contribution is -2.32. The number of likely N-dealkylation sites (tertiary alicyclic amines) is 1. The van der Waals surface area contributed by atoms with Gasteiger partial charge in [0.25, 0.3) is 0 Å². The molecule has 3 nitrogen and oxygen atoms in total. The number of hydrogen-bond donors (Lipinski definition) is 0. The van der Waals surface area contributed by atoms with Crippen LogP contribution in [0.15, 0.2) is 24.3 Å². The van der Waals surface area contributed by atoms with Crippen molar-refractivity contribution in [2.24, 2.45) is 0 Å². The van der Waals surface area contributed by atoms with Gasteiger partial charge in [-0.1, -0.05) is 24.3 Å². The Morgan fingerprint density at radius 2 is 2.00 bits per heavy atom. The van der Waals surface area contributed by atoms with E-state index in [1.165, 1.54) is 17.4 Å². The first-order chi connectivity index (χ1) is 8.87. The van der Waals surface area contributed by atoms with E-state index in [0.29, 0.717) is 18.5 Å². The molecule has 1 saturated heterocycles. The van der Waals surface area contributed by atoms with Gasteiger partial charge in [-0.3, -0.25) is 4.90 Å². The van der Waals surface area contributed by atoms with Gasteiger partial charge in [-0.15, -0.1) is 0 Å². The molecular formula is C15H23NO2S. The van der Waals surface area contributed by atoms with Gasteiger partial charge in [-0.2, -0.15) is 0 Å². The van der Waals surface area contributed by atoms with Gasteiger partial charge in [0.05, 0.1) is 5.75 Å². The van der Waals surface area contributed by atoms with Crippen molar-refractivity contribution in [2.75, 3.05) is 25.1 Å². The van der Waals surface area contributed by atoms with Crippen molar-refractivity contribution < 1.29 is 8.42 Å². The molecule has 0 aliphatic carbocycles. The van der Waals surface area contributed by atoms with Crippen molar-refractivity contribution >= 4 is 9.84 Å². The highest BCUT2D eigenvalue weighted by Crippen LogP contribution is 2.32. The summed E-state index contributed by atoms with van der Waals surface area (Å²) < 4.78 is 22.5. The third-order valence-electron chi connectivity index (χ3n) is 4.08. The molecule has 0 N–H and O–H groups in total. The molecule has 2 rings (SSSR count). The second-order valence-corrected chi connectivity index (χ2v) is 8.02. The first kappa shape index (κ1) is 14.5. The van der Waals surface area contributed by atoms with Crippen LogP contribution in [0.5, 0.6) is 0 Å². The molecule has 106 valence electrons. The summed E-state index contributed by atoms with van der Waals surface area (Å²) in [5.74, 6) is 0.799. The zero-order chi connectivity index (χ0) is 14.0. The number of nitrogens with zero attached hydrogens (tertiary/aromatic N) is 1. The van der Waals surface area contributed by atoms with Crippen molar-refractivity contribution in [3.63, 3.8) is 0 Å². The lowest BCUT2D eigenvalue weighted by Gasteiger charge is -2.20. The molecule has 0 bridgehead atoms. The monoisotopic (exact) mass is 281 g/mol. The van der Waals surface area contributed by atoms with Gasteiger partial charge in [0.1, 0.15) is 9.84 Å². The molecule has 1 aromatic rings. The van der Waals surface area contributed by atoms with Gasteiger partial charge < -0.3 is 0 Å². The fraction of sp³-hybridized carbons (Fsp3) is 0.600. The Bertz CT molecular complexity index is 539. The Morgan fingerprint density at radius 3 is 2.63 bits per heavy atom. The van der Waals surface area contributed by atoms with Crippen LogP contribution in [0.1, 0.15) is 30.4 Å². The molecule has 0 saturated carbocycles. The van der Waals surface area contributed by atoms with Crippen LogP contribution >= 0.6 is 0 Å². The molecule has 2 atom stereocenters. The first-order valence-corrected chi connectivity index (χ1v) is 8.90. The third kappa shape index (κ3) is 3.80. The Hall–Kier alpha value is -0.870. The van der Waals surface area contributed by atoms with E-state index in [1.807, 2.05) is 0 Å². The molecule has 1 aliphatic rings. The lowest BCUT2D eigenvalue weighted by molar-refractivity contribution is 0.283. The predicted octanol–water partition coefficient (Wildman–Crippen LogP) is 2.22. The molecule has 19 heavy (non-hydrogen) atoms. The lowest BCUT2D eigenvalue weighted by atomic mass is 9.93. The molecule has 0 radical (unpaired) electrons. The normalized spacial score (nSPS) is 24.8. The van der Waals surface area contributed by atoms with E-state index in [-0.39, 0.29) is 5.75 Å². The Morgan fingerprint density at radius 1 is 1.32 bits per heavy atom. The second kappa shape index (κ2) is 5.63. The van der Waals surface area contributed by atoms with Gasteiger partial charge in [-0.05, 0) is 37.3 Å². The van der Waals surface area contributed by atoms with Gasteiger partial charge in [-0.25, -0.2) is 8.42 Å². The number of benzene rings is 1. The zero-order valence-corrected chi connectivity index (χ0v) is 12.8. The van der Waals surface area contributed by atoms with E-state index in [1.54, 1.807) is 0 Å². The number of rotatable bonds is 4. The van der Waals surface area contributed by atoms with Crippen molar-refractivity contribution in [1.29, 1.82) is 0 Å². The van der Waals surface area contributed by atoms with Crippen LogP contribution in [-0.2, 0) is 9.84 Å². The van der Waals surface area contributed by atoms with Crippen molar-refractivity contribution in [3.8, 4) is 0 Å². The van der Waals surface area contributed by atoms with Gasteiger partial charge >= 0.3 is 0 Å². The number of aryl methyl sites for hydroxylation is 1. The fourth-order valence-corrected chi connectivity index (χ4v) is 3.53. The summed E-state index contributed by atoms with van der Waals surface area (Å²) in [5, 5.41) is 0. The molecule has 1 aliphatic heterocycles. The first-order valence-electron chi connectivity index (χ1n) is 6.84. The van der Waals surface area contributed by atoms with Crippen LogP contribution in [0.4, 0.5) is 0 Å². The van der Waals surface area contributed by atoms with Crippen LogP contribution in [0.25, 0.3) is 0 Å². The van der Waals surface area contributed by atoms with Gasteiger partial charge in [0.2, 0.25) is 0 Å². The van der Waals surface area contributed by atoms with E-state index in [0.717, 1.165) is 13.0 Å². The minimum atomic E-state index is -2.87. The smallest absolute Gasteiger partial charge is 0.148 e. The summed E-state index contributed by atoms with van der Waals surface area (Å²) in [4.78, 5) is 2.30. The quantitative estimate of drug-likeness (QED) is 0.849. The number of sulfone groups is 1. The maximum atomic E-state index is 11.3. The molecule has 4 heteroatoms. The molecule has 1 heterocycles. The molecule has 2 unspecified atom stereocenters. The summed E-state index contributed by atoms with van der Waals surface area (Å²) in [6, 6.07) is 8.97. The predicted molar refractivity (Wildman–Crippen MR) is 79.3 cm³/mol. The van der Waals surface area contributed by atoms with Crippen molar-refractivity contribution in [1.82, 2.24) is 4.90 Å². The molecule has 0 amide bonds.